The molecule has 2 aromatic carbocycles. The highest BCUT2D eigenvalue weighted by atomic mass is 35.5. The highest BCUT2D eigenvalue weighted by Crippen LogP contribution is 2.34. The smallest absolute Gasteiger partial charge is 0.266 e. The van der Waals surface area contributed by atoms with Crippen molar-refractivity contribution in [1.82, 2.24) is 19.7 Å². The van der Waals surface area contributed by atoms with Crippen LogP contribution >= 0.6 is 11.6 Å². The Hall–Kier alpha value is -3.43. The van der Waals surface area contributed by atoms with Crippen LogP contribution in [0.3, 0.4) is 0 Å². The Morgan fingerprint density at radius 2 is 1.90 bits per heavy atom. The zero-order valence-corrected chi connectivity index (χ0v) is 17.0. The SMILES string of the molecule is Cc1c(C(=O)NS(=O)(=O)c2ccccc2C(F)(F)F)nnn1-c1ccc(C#N)cc1Cl. The number of nitrogens with one attached hydrogen (secondary N) is 1. The van der Waals surface area contributed by atoms with Crippen LogP contribution in [0.1, 0.15) is 27.3 Å². The van der Waals surface area contributed by atoms with Gasteiger partial charge in [-0.05, 0) is 37.3 Å². The summed E-state index contributed by atoms with van der Waals surface area (Å²) < 4.78 is 67.1. The van der Waals surface area contributed by atoms with E-state index in [0.717, 1.165) is 22.9 Å². The first-order valence-corrected chi connectivity index (χ1v) is 10.2. The second kappa shape index (κ2) is 8.01. The number of rotatable bonds is 4. The number of carbonyl (C=O) groups excluding carboxylic acids is 1. The first-order valence-electron chi connectivity index (χ1n) is 8.31. The molecular formula is C18H11ClF3N5O3S. The fourth-order valence-corrected chi connectivity index (χ4v) is 4.12. The van der Waals surface area contributed by atoms with Gasteiger partial charge in [-0.3, -0.25) is 4.79 Å². The average molecular weight is 470 g/mol. The Morgan fingerprint density at radius 3 is 2.52 bits per heavy atom. The van der Waals surface area contributed by atoms with E-state index < -0.39 is 38.3 Å². The van der Waals surface area contributed by atoms with E-state index in [1.807, 2.05) is 6.07 Å². The molecule has 0 spiro atoms. The van der Waals surface area contributed by atoms with E-state index in [2.05, 4.69) is 10.3 Å². The molecule has 13 heteroatoms. The van der Waals surface area contributed by atoms with Gasteiger partial charge in [0.05, 0.1) is 38.5 Å². The number of amides is 1. The summed E-state index contributed by atoms with van der Waals surface area (Å²) in [5.74, 6) is -1.27. The molecule has 1 heterocycles. The third-order valence-corrected chi connectivity index (χ3v) is 5.82. The maximum atomic E-state index is 13.2. The number of nitriles is 1. The van der Waals surface area contributed by atoms with E-state index in [4.69, 9.17) is 16.9 Å². The summed E-state index contributed by atoms with van der Waals surface area (Å²) in [6, 6.07) is 9.60. The number of benzene rings is 2. The zero-order chi connectivity index (χ0) is 23.0. The van der Waals surface area contributed by atoms with Crippen LogP contribution in [0.15, 0.2) is 47.4 Å². The van der Waals surface area contributed by atoms with E-state index in [-0.39, 0.29) is 22.0 Å². The van der Waals surface area contributed by atoms with E-state index in [1.54, 1.807) is 4.72 Å². The molecule has 0 saturated carbocycles. The Balaban J connectivity index is 1.95. The fourth-order valence-electron chi connectivity index (χ4n) is 2.68. The maximum absolute atomic E-state index is 13.2. The first kappa shape index (κ1) is 22.3. The lowest BCUT2D eigenvalue weighted by Crippen LogP contribution is -2.32. The van der Waals surface area contributed by atoms with E-state index in [1.165, 1.54) is 25.1 Å². The fraction of sp³-hybridized carbons (Fsp3) is 0.111. The van der Waals surface area contributed by atoms with Gasteiger partial charge >= 0.3 is 6.18 Å². The molecule has 8 nitrogen and oxygen atoms in total. The molecule has 160 valence electrons. The summed E-state index contributed by atoms with van der Waals surface area (Å²) in [7, 11) is -4.87. The number of sulfonamides is 1. The minimum absolute atomic E-state index is 0.0726. The number of hydrogen-bond acceptors (Lipinski definition) is 6. The molecule has 0 atom stereocenters. The number of aromatic nitrogens is 3. The van der Waals surface area contributed by atoms with Crippen LogP contribution in [-0.2, 0) is 16.2 Å². The molecule has 0 saturated heterocycles. The quantitative estimate of drug-likeness (QED) is 0.626. The van der Waals surface area contributed by atoms with E-state index in [9.17, 15) is 26.4 Å². The van der Waals surface area contributed by atoms with E-state index >= 15 is 0 Å². The summed E-state index contributed by atoms with van der Waals surface area (Å²) in [4.78, 5) is 11.4. The maximum Gasteiger partial charge on any atom is 0.417 e. The van der Waals surface area contributed by atoms with Crippen LogP contribution in [0, 0.1) is 18.3 Å². The lowest BCUT2D eigenvalue weighted by molar-refractivity contribution is -0.139. The van der Waals surface area contributed by atoms with Crippen LogP contribution in [-0.4, -0.2) is 29.3 Å². The third kappa shape index (κ3) is 4.37. The van der Waals surface area contributed by atoms with Gasteiger partial charge in [0, 0.05) is 0 Å². The average Bonchev–Trinajstić information content (AvgIpc) is 3.08. The molecule has 0 fully saturated rings. The monoisotopic (exact) mass is 469 g/mol. The van der Waals surface area contributed by atoms with Crippen molar-refractivity contribution >= 4 is 27.5 Å². The standard InChI is InChI=1S/C18H11ClF3N5O3S/c1-10-16(24-26-27(10)14-7-6-11(9-23)8-13(14)19)17(28)25-31(29,30)15-5-3-2-4-12(15)18(20,21)22/h2-8H,1H3,(H,25,28). The van der Waals surface area contributed by atoms with Gasteiger partial charge in [-0.25, -0.2) is 17.8 Å². The molecule has 0 radical (unpaired) electrons. The van der Waals surface area contributed by atoms with Crippen molar-refractivity contribution < 1.29 is 26.4 Å². The zero-order valence-electron chi connectivity index (χ0n) is 15.5. The van der Waals surface area contributed by atoms with Crippen LogP contribution in [0.5, 0.6) is 0 Å². The second-order valence-electron chi connectivity index (χ2n) is 6.14. The predicted octanol–water partition coefficient (Wildman–Crippen LogP) is 3.24. The van der Waals surface area contributed by atoms with Crippen molar-refractivity contribution in [2.75, 3.05) is 0 Å². The summed E-state index contributed by atoms with van der Waals surface area (Å²) in [6.07, 6.45) is -4.94. The number of halogens is 4. The Morgan fingerprint density at radius 1 is 1.23 bits per heavy atom. The van der Waals surface area contributed by atoms with Gasteiger partial charge in [0.2, 0.25) is 0 Å². The number of hydrogen-bond donors (Lipinski definition) is 1. The minimum atomic E-state index is -4.94. The van der Waals surface area contributed by atoms with Crippen molar-refractivity contribution in [2.24, 2.45) is 0 Å². The second-order valence-corrected chi connectivity index (χ2v) is 8.20. The lowest BCUT2D eigenvalue weighted by Gasteiger charge is -2.13. The van der Waals surface area contributed by atoms with Crippen LogP contribution in [0.4, 0.5) is 13.2 Å². The minimum Gasteiger partial charge on any atom is -0.266 e. The molecule has 0 unspecified atom stereocenters. The molecule has 1 amide bonds. The number of carbonyl (C=O) groups is 1. The highest BCUT2D eigenvalue weighted by Gasteiger charge is 2.37. The largest absolute Gasteiger partial charge is 0.417 e. The molecule has 1 N–H and O–H groups in total. The summed E-state index contributed by atoms with van der Waals surface area (Å²) in [5, 5.41) is 16.4. The van der Waals surface area contributed by atoms with Crippen molar-refractivity contribution in [3.63, 3.8) is 0 Å². The molecule has 0 aliphatic carbocycles. The normalized spacial score (nSPS) is 11.7. The van der Waals surface area contributed by atoms with Crippen molar-refractivity contribution in [2.45, 2.75) is 18.0 Å². The third-order valence-electron chi connectivity index (χ3n) is 4.12. The van der Waals surface area contributed by atoms with Crippen LogP contribution in [0.25, 0.3) is 5.69 Å². The molecule has 0 aliphatic heterocycles. The lowest BCUT2D eigenvalue weighted by atomic mass is 10.2. The summed E-state index contributed by atoms with van der Waals surface area (Å²) in [6.45, 7) is 1.39. The van der Waals surface area contributed by atoms with Gasteiger partial charge in [-0.1, -0.05) is 28.9 Å². The van der Waals surface area contributed by atoms with Crippen molar-refractivity contribution in [3.05, 3.63) is 70.0 Å². The van der Waals surface area contributed by atoms with E-state index in [0.29, 0.717) is 6.07 Å². The Kier molecular flexibility index (Phi) is 5.75. The van der Waals surface area contributed by atoms with Crippen LogP contribution in [0.2, 0.25) is 5.02 Å². The van der Waals surface area contributed by atoms with Crippen LogP contribution < -0.4 is 4.72 Å². The Labute approximate surface area is 178 Å². The summed E-state index contributed by atoms with van der Waals surface area (Å²) in [5.41, 5.74) is -1.24. The first-order chi connectivity index (χ1) is 14.5. The molecule has 0 aliphatic rings. The predicted molar refractivity (Wildman–Crippen MR) is 102 cm³/mol. The highest BCUT2D eigenvalue weighted by molar-refractivity contribution is 7.90. The molecule has 3 rings (SSSR count). The van der Waals surface area contributed by atoms with Gasteiger partial charge in [0.15, 0.2) is 5.69 Å². The van der Waals surface area contributed by atoms with Crippen molar-refractivity contribution in [1.29, 1.82) is 5.26 Å². The summed E-state index contributed by atoms with van der Waals surface area (Å²) >= 11 is 6.11. The number of nitrogens with zero attached hydrogens (tertiary/aromatic N) is 4. The van der Waals surface area contributed by atoms with Gasteiger partial charge in [-0.2, -0.15) is 18.4 Å². The molecule has 0 bridgehead atoms. The van der Waals surface area contributed by atoms with Gasteiger partial charge in [0.1, 0.15) is 0 Å². The molecule has 31 heavy (non-hydrogen) atoms. The van der Waals surface area contributed by atoms with Gasteiger partial charge in [-0.15, -0.1) is 5.10 Å². The van der Waals surface area contributed by atoms with Crippen molar-refractivity contribution in [3.8, 4) is 11.8 Å². The van der Waals surface area contributed by atoms with Gasteiger partial charge in [0.25, 0.3) is 15.9 Å². The van der Waals surface area contributed by atoms with Gasteiger partial charge < -0.3 is 0 Å². The molecule has 3 aromatic rings. The topological polar surface area (TPSA) is 118 Å². The Bertz CT molecular complexity index is 1330. The molecular weight excluding hydrogens is 459 g/mol. The molecule has 1 aromatic heterocycles. The number of alkyl halides is 3.